The van der Waals surface area contributed by atoms with E-state index in [4.69, 9.17) is 5.73 Å². The van der Waals surface area contributed by atoms with Crippen LogP contribution in [0.25, 0.3) is 0 Å². The van der Waals surface area contributed by atoms with Gasteiger partial charge in [0.2, 0.25) is 0 Å². The normalized spacial score (nSPS) is 11.9. The average Bonchev–Trinajstić information content (AvgIpc) is 2.39. The second-order valence-corrected chi connectivity index (χ2v) is 5.10. The topological polar surface area (TPSA) is 68.0 Å². The molecule has 0 spiro atoms. The second kappa shape index (κ2) is 5.84. The van der Waals surface area contributed by atoms with E-state index in [1.54, 1.807) is 18.3 Å². The van der Waals surface area contributed by atoms with E-state index < -0.39 is 0 Å². The minimum absolute atomic E-state index is 0.109. The van der Waals surface area contributed by atoms with Gasteiger partial charge in [-0.05, 0) is 36.8 Å². The highest BCUT2D eigenvalue weighted by atomic mass is 79.9. The molecular formula is C14H14BrN3O. The Labute approximate surface area is 120 Å². The molecule has 0 saturated carbocycles. The quantitative estimate of drug-likeness (QED) is 0.914. The molecule has 1 aromatic carbocycles. The molecule has 3 N–H and O–H groups in total. The molecule has 5 heteroatoms. The summed E-state index contributed by atoms with van der Waals surface area (Å²) in [7, 11) is 0. The maximum atomic E-state index is 12.1. The van der Waals surface area contributed by atoms with Gasteiger partial charge in [-0.1, -0.05) is 28.1 Å². The monoisotopic (exact) mass is 319 g/mol. The van der Waals surface area contributed by atoms with Crippen LogP contribution in [0.4, 0.5) is 5.69 Å². The van der Waals surface area contributed by atoms with Gasteiger partial charge in [0, 0.05) is 10.7 Å². The number of carbonyl (C=O) groups is 1. The maximum absolute atomic E-state index is 12.1. The molecule has 0 saturated heterocycles. The molecule has 0 aliphatic rings. The SMILES string of the molecule is C[C@H](NC(=O)c1ncccc1N)c1ccc(Br)cc1. The average molecular weight is 320 g/mol. The predicted octanol–water partition coefficient (Wildman–Crippen LogP) is 2.92. The molecule has 0 aliphatic carbocycles. The van der Waals surface area contributed by atoms with Gasteiger partial charge in [0.05, 0.1) is 11.7 Å². The van der Waals surface area contributed by atoms with Crippen molar-refractivity contribution < 1.29 is 4.79 Å². The van der Waals surface area contributed by atoms with Crippen molar-refractivity contribution in [2.45, 2.75) is 13.0 Å². The van der Waals surface area contributed by atoms with Crippen molar-refractivity contribution >= 4 is 27.5 Å². The molecule has 2 rings (SSSR count). The zero-order valence-electron chi connectivity index (χ0n) is 10.4. The largest absolute Gasteiger partial charge is 0.397 e. The molecule has 1 amide bonds. The number of nitrogen functional groups attached to an aromatic ring is 1. The molecule has 2 aromatic rings. The fourth-order valence-electron chi connectivity index (χ4n) is 1.71. The number of carbonyl (C=O) groups excluding carboxylic acids is 1. The van der Waals surface area contributed by atoms with Gasteiger partial charge in [0.1, 0.15) is 0 Å². The summed E-state index contributed by atoms with van der Waals surface area (Å²) < 4.78 is 1.00. The van der Waals surface area contributed by atoms with Crippen molar-refractivity contribution in [2.24, 2.45) is 0 Å². The minimum Gasteiger partial charge on any atom is -0.397 e. The summed E-state index contributed by atoms with van der Waals surface area (Å²) in [5, 5.41) is 2.88. The summed E-state index contributed by atoms with van der Waals surface area (Å²) >= 11 is 3.38. The number of pyridine rings is 1. The number of rotatable bonds is 3. The number of nitrogens with zero attached hydrogens (tertiary/aromatic N) is 1. The Morgan fingerprint density at radius 3 is 2.63 bits per heavy atom. The zero-order chi connectivity index (χ0) is 13.8. The Hall–Kier alpha value is -1.88. The molecule has 0 bridgehead atoms. The van der Waals surface area contributed by atoms with Gasteiger partial charge in [-0.2, -0.15) is 0 Å². The van der Waals surface area contributed by atoms with Gasteiger partial charge in [0.15, 0.2) is 5.69 Å². The number of benzene rings is 1. The zero-order valence-corrected chi connectivity index (χ0v) is 12.0. The molecule has 0 aliphatic heterocycles. The van der Waals surface area contributed by atoms with Crippen LogP contribution >= 0.6 is 15.9 Å². The lowest BCUT2D eigenvalue weighted by atomic mass is 10.1. The standard InChI is InChI=1S/C14H14BrN3O/c1-9(10-4-6-11(15)7-5-10)18-14(19)13-12(16)3-2-8-17-13/h2-9H,16H2,1H3,(H,18,19)/t9-/m0/s1. The van der Waals surface area contributed by atoms with Gasteiger partial charge in [-0.25, -0.2) is 4.98 Å². The number of hydrogen-bond donors (Lipinski definition) is 2. The van der Waals surface area contributed by atoms with Crippen LogP contribution < -0.4 is 11.1 Å². The summed E-state index contributed by atoms with van der Waals surface area (Å²) in [6.07, 6.45) is 1.55. The predicted molar refractivity (Wildman–Crippen MR) is 78.7 cm³/mol. The van der Waals surface area contributed by atoms with Crippen molar-refractivity contribution in [3.63, 3.8) is 0 Å². The Morgan fingerprint density at radius 2 is 2.00 bits per heavy atom. The molecule has 0 fully saturated rings. The van der Waals surface area contributed by atoms with Crippen molar-refractivity contribution in [1.82, 2.24) is 10.3 Å². The summed E-state index contributed by atoms with van der Waals surface area (Å²) in [4.78, 5) is 16.0. The number of aromatic nitrogens is 1. The van der Waals surface area contributed by atoms with E-state index in [0.717, 1.165) is 10.0 Å². The van der Waals surface area contributed by atoms with Crippen LogP contribution in [0.1, 0.15) is 29.0 Å². The van der Waals surface area contributed by atoms with Crippen LogP contribution in [0, 0.1) is 0 Å². The van der Waals surface area contributed by atoms with Gasteiger partial charge in [-0.15, -0.1) is 0 Å². The first-order chi connectivity index (χ1) is 9.08. The number of amides is 1. The van der Waals surface area contributed by atoms with E-state index in [0.29, 0.717) is 5.69 Å². The van der Waals surface area contributed by atoms with E-state index in [1.807, 2.05) is 31.2 Å². The van der Waals surface area contributed by atoms with Crippen LogP contribution in [0.2, 0.25) is 0 Å². The number of anilines is 1. The lowest BCUT2D eigenvalue weighted by Crippen LogP contribution is -2.28. The summed E-state index contributed by atoms with van der Waals surface area (Å²) in [6.45, 7) is 1.92. The van der Waals surface area contributed by atoms with Crippen molar-refractivity contribution in [3.8, 4) is 0 Å². The minimum atomic E-state index is -0.270. The third kappa shape index (κ3) is 3.32. The molecule has 1 atom stereocenters. The third-order valence-corrected chi connectivity index (χ3v) is 3.30. The lowest BCUT2D eigenvalue weighted by molar-refractivity contribution is 0.0936. The fraction of sp³-hybridized carbons (Fsp3) is 0.143. The van der Waals surface area contributed by atoms with E-state index in [-0.39, 0.29) is 17.6 Å². The highest BCUT2D eigenvalue weighted by Crippen LogP contribution is 2.17. The smallest absolute Gasteiger partial charge is 0.272 e. The number of hydrogen-bond acceptors (Lipinski definition) is 3. The molecule has 4 nitrogen and oxygen atoms in total. The number of nitrogens with one attached hydrogen (secondary N) is 1. The van der Waals surface area contributed by atoms with Crippen LogP contribution in [0.3, 0.4) is 0 Å². The molecule has 98 valence electrons. The van der Waals surface area contributed by atoms with E-state index in [1.165, 1.54) is 0 Å². The first kappa shape index (κ1) is 13.5. The van der Waals surface area contributed by atoms with Gasteiger partial charge in [-0.3, -0.25) is 4.79 Å². The molecule has 0 unspecified atom stereocenters. The first-order valence-electron chi connectivity index (χ1n) is 5.84. The Balaban J connectivity index is 2.11. The van der Waals surface area contributed by atoms with Gasteiger partial charge >= 0.3 is 0 Å². The summed E-state index contributed by atoms with van der Waals surface area (Å²) in [5.74, 6) is -0.270. The third-order valence-electron chi connectivity index (χ3n) is 2.77. The Kier molecular flexibility index (Phi) is 4.16. The van der Waals surface area contributed by atoms with Crippen LogP contribution in [0.5, 0.6) is 0 Å². The Bertz CT molecular complexity index is 583. The van der Waals surface area contributed by atoms with E-state index in [9.17, 15) is 4.79 Å². The summed E-state index contributed by atoms with van der Waals surface area (Å²) in [6, 6.07) is 11.0. The first-order valence-corrected chi connectivity index (χ1v) is 6.64. The lowest BCUT2D eigenvalue weighted by Gasteiger charge is -2.14. The van der Waals surface area contributed by atoms with Crippen molar-refractivity contribution in [2.75, 3.05) is 5.73 Å². The molecule has 1 heterocycles. The fourth-order valence-corrected chi connectivity index (χ4v) is 1.97. The maximum Gasteiger partial charge on any atom is 0.272 e. The summed E-state index contributed by atoms with van der Waals surface area (Å²) in [5.41, 5.74) is 7.38. The molecular weight excluding hydrogens is 306 g/mol. The highest BCUT2D eigenvalue weighted by molar-refractivity contribution is 9.10. The van der Waals surface area contributed by atoms with Crippen molar-refractivity contribution in [1.29, 1.82) is 0 Å². The Morgan fingerprint density at radius 1 is 1.32 bits per heavy atom. The number of nitrogens with two attached hydrogens (primary N) is 1. The molecule has 1 aromatic heterocycles. The molecule has 19 heavy (non-hydrogen) atoms. The van der Waals surface area contributed by atoms with E-state index in [2.05, 4.69) is 26.2 Å². The van der Waals surface area contributed by atoms with Crippen LogP contribution in [0.15, 0.2) is 47.1 Å². The second-order valence-electron chi connectivity index (χ2n) is 4.19. The number of halogens is 1. The van der Waals surface area contributed by atoms with Crippen LogP contribution in [-0.2, 0) is 0 Å². The highest BCUT2D eigenvalue weighted by Gasteiger charge is 2.14. The van der Waals surface area contributed by atoms with Crippen molar-refractivity contribution in [3.05, 3.63) is 58.3 Å². The van der Waals surface area contributed by atoms with Gasteiger partial charge in [0.25, 0.3) is 5.91 Å². The van der Waals surface area contributed by atoms with E-state index >= 15 is 0 Å². The van der Waals surface area contributed by atoms with Gasteiger partial charge < -0.3 is 11.1 Å². The van der Waals surface area contributed by atoms with Crippen LogP contribution in [-0.4, -0.2) is 10.9 Å². The molecule has 0 radical (unpaired) electrons.